The lowest BCUT2D eigenvalue weighted by Gasteiger charge is -2.21. The molecule has 0 saturated heterocycles. The summed E-state index contributed by atoms with van der Waals surface area (Å²) >= 11 is 0. The summed E-state index contributed by atoms with van der Waals surface area (Å²) in [6.45, 7) is 1.87. The molecule has 1 aromatic heterocycles. The number of fused-ring (bicyclic) bond motifs is 1. The van der Waals surface area contributed by atoms with E-state index in [2.05, 4.69) is 10.4 Å². The highest BCUT2D eigenvalue weighted by atomic mass is 19.1. The summed E-state index contributed by atoms with van der Waals surface area (Å²) in [5, 5.41) is 7.06. The predicted octanol–water partition coefficient (Wildman–Crippen LogP) is 3.23. The average Bonchev–Trinajstić information content (AvgIpc) is 3.04. The van der Waals surface area contributed by atoms with E-state index in [4.69, 9.17) is 0 Å². The zero-order valence-corrected chi connectivity index (χ0v) is 17.2. The van der Waals surface area contributed by atoms with Crippen LogP contribution < -0.4 is 10.2 Å². The molecule has 2 heterocycles. The molecule has 0 saturated carbocycles. The molecule has 8 heteroatoms. The monoisotopic (exact) mass is 424 g/mol. The molecule has 1 unspecified atom stereocenters. The average molecular weight is 424 g/mol. The second-order valence-electron chi connectivity index (χ2n) is 7.70. The topological polar surface area (TPSA) is 67.2 Å². The minimum Gasteiger partial charge on any atom is -0.339 e. The number of carbonyl (C=O) groups is 2. The molecule has 0 radical (unpaired) electrons. The van der Waals surface area contributed by atoms with Gasteiger partial charge in [0, 0.05) is 24.5 Å². The first-order valence-electron chi connectivity index (χ1n) is 9.97. The molecule has 0 aliphatic carbocycles. The van der Waals surface area contributed by atoms with Crippen molar-refractivity contribution in [2.45, 2.75) is 32.4 Å². The molecule has 160 valence electrons. The first-order valence-corrected chi connectivity index (χ1v) is 9.97. The Morgan fingerprint density at radius 1 is 1.16 bits per heavy atom. The molecular weight excluding hydrogens is 402 g/mol. The van der Waals surface area contributed by atoms with Gasteiger partial charge in [0.1, 0.15) is 23.4 Å². The van der Waals surface area contributed by atoms with Gasteiger partial charge in [-0.15, -0.1) is 0 Å². The van der Waals surface area contributed by atoms with Crippen LogP contribution in [0.5, 0.6) is 0 Å². The Morgan fingerprint density at radius 3 is 2.61 bits per heavy atom. The predicted molar refractivity (Wildman–Crippen MR) is 112 cm³/mol. The van der Waals surface area contributed by atoms with Crippen LogP contribution >= 0.6 is 0 Å². The van der Waals surface area contributed by atoms with E-state index in [0.717, 1.165) is 17.3 Å². The summed E-state index contributed by atoms with van der Waals surface area (Å²) in [5.41, 5.74) is 3.09. The van der Waals surface area contributed by atoms with Crippen molar-refractivity contribution in [3.05, 3.63) is 82.7 Å². The van der Waals surface area contributed by atoms with Gasteiger partial charge in [0.05, 0.1) is 6.54 Å². The number of nitrogens with zero attached hydrogens (tertiary/aromatic N) is 3. The van der Waals surface area contributed by atoms with Gasteiger partial charge in [-0.05, 0) is 55.2 Å². The number of likely N-dealkylation sites (N-methyl/N-ethyl adjacent to an activating group) is 1. The number of aryl methyl sites for hydroxylation is 2. The van der Waals surface area contributed by atoms with Crippen LogP contribution in [0.1, 0.15) is 33.7 Å². The number of hydrogen-bond acceptors (Lipinski definition) is 3. The van der Waals surface area contributed by atoms with Crippen molar-refractivity contribution in [1.82, 2.24) is 15.1 Å². The van der Waals surface area contributed by atoms with E-state index in [9.17, 15) is 18.4 Å². The number of halogens is 2. The second kappa shape index (κ2) is 8.29. The standard InChI is InChI=1S/C23H22F2N4O2/c1-14-9-20(27-29(14)13-15-10-17(24)12-18(25)11-15)22(30)26-19-8-7-16-5-3-4-6-21(16)28(2)23(19)31/h3-6,9-12,19H,7-8,13H2,1-2H3,(H,26,30). The van der Waals surface area contributed by atoms with Crippen molar-refractivity contribution in [2.75, 3.05) is 11.9 Å². The maximum Gasteiger partial charge on any atom is 0.272 e. The Kier molecular flexibility index (Phi) is 5.54. The fourth-order valence-corrected chi connectivity index (χ4v) is 3.85. The van der Waals surface area contributed by atoms with Crippen LogP contribution in [0.3, 0.4) is 0 Å². The summed E-state index contributed by atoms with van der Waals surface area (Å²) in [6, 6.07) is 11.8. The van der Waals surface area contributed by atoms with Crippen molar-refractivity contribution >= 4 is 17.5 Å². The van der Waals surface area contributed by atoms with Crippen LogP contribution in [-0.4, -0.2) is 34.7 Å². The van der Waals surface area contributed by atoms with E-state index >= 15 is 0 Å². The van der Waals surface area contributed by atoms with Gasteiger partial charge in [0.15, 0.2) is 0 Å². The van der Waals surface area contributed by atoms with Gasteiger partial charge < -0.3 is 10.2 Å². The molecule has 1 N–H and O–H groups in total. The normalized spacial score (nSPS) is 16.1. The van der Waals surface area contributed by atoms with Crippen molar-refractivity contribution in [1.29, 1.82) is 0 Å². The number of aromatic nitrogens is 2. The maximum atomic E-state index is 13.5. The smallest absolute Gasteiger partial charge is 0.272 e. The third kappa shape index (κ3) is 4.33. The molecule has 4 rings (SSSR count). The van der Waals surface area contributed by atoms with Crippen LogP contribution in [0, 0.1) is 18.6 Å². The fraction of sp³-hybridized carbons (Fsp3) is 0.261. The summed E-state index contributed by atoms with van der Waals surface area (Å²) in [7, 11) is 1.70. The number of para-hydroxylation sites is 1. The van der Waals surface area contributed by atoms with Crippen LogP contribution in [0.25, 0.3) is 0 Å². The molecule has 6 nitrogen and oxygen atoms in total. The molecule has 31 heavy (non-hydrogen) atoms. The van der Waals surface area contributed by atoms with Crippen LogP contribution in [0.4, 0.5) is 14.5 Å². The molecule has 0 fully saturated rings. The maximum absolute atomic E-state index is 13.5. The molecule has 2 amide bonds. The molecule has 3 aromatic rings. The van der Waals surface area contributed by atoms with Gasteiger partial charge in [-0.25, -0.2) is 8.78 Å². The number of amides is 2. The van der Waals surface area contributed by atoms with Gasteiger partial charge in [-0.1, -0.05) is 18.2 Å². The first kappa shape index (κ1) is 20.7. The SMILES string of the molecule is Cc1cc(C(=O)NC2CCc3ccccc3N(C)C2=O)nn1Cc1cc(F)cc(F)c1. The Morgan fingerprint density at radius 2 is 1.87 bits per heavy atom. The Labute approximate surface area is 178 Å². The second-order valence-corrected chi connectivity index (χ2v) is 7.70. The minimum atomic E-state index is -0.673. The van der Waals surface area contributed by atoms with Crippen LogP contribution in [0.15, 0.2) is 48.5 Å². The summed E-state index contributed by atoms with van der Waals surface area (Å²) < 4.78 is 28.4. The van der Waals surface area contributed by atoms with E-state index in [1.807, 2.05) is 24.3 Å². The van der Waals surface area contributed by atoms with Crippen molar-refractivity contribution in [3.8, 4) is 0 Å². The van der Waals surface area contributed by atoms with Crippen LogP contribution in [0.2, 0.25) is 0 Å². The Hall–Kier alpha value is -3.55. The molecule has 1 atom stereocenters. The Balaban J connectivity index is 1.49. The molecule has 2 aromatic carbocycles. The summed E-state index contributed by atoms with van der Waals surface area (Å²) in [5.74, 6) is -2.00. The molecule has 0 bridgehead atoms. The third-order valence-electron chi connectivity index (χ3n) is 5.46. The van der Waals surface area contributed by atoms with Crippen molar-refractivity contribution in [3.63, 3.8) is 0 Å². The zero-order chi connectivity index (χ0) is 22.1. The summed E-state index contributed by atoms with van der Waals surface area (Å²) in [4.78, 5) is 27.2. The lowest BCUT2D eigenvalue weighted by atomic mass is 10.1. The number of hydrogen-bond donors (Lipinski definition) is 1. The molecular formula is C23H22F2N4O2. The summed E-state index contributed by atoms with van der Waals surface area (Å²) in [6.07, 6.45) is 1.14. The number of carbonyl (C=O) groups excluding carboxylic acids is 2. The van der Waals surface area contributed by atoms with E-state index in [1.165, 1.54) is 16.8 Å². The van der Waals surface area contributed by atoms with Gasteiger partial charge in [-0.3, -0.25) is 14.3 Å². The molecule has 1 aliphatic rings. The van der Waals surface area contributed by atoms with Crippen LogP contribution in [-0.2, 0) is 17.8 Å². The van der Waals surface area contributed by atoms with Gasteiger partial charge in [-0.2, -0.15) is 5.10 Å². The van der Waals surface area contributed by atoms with Crippen molar-refractivity contribution < 1.29 is 18.4 Å². The highest BCUT2D eigenvalue weighted by Crippen LogP contribution is 2.25. The quantitative estimate of drug-likeness (QED) is 0.699. The van der Waals surface area contributed by atoms with E-state index in [1.54, 1.807) is 24.9 Å². The molecule has 0 spiro atoms. The fourth-order valence-electron chi connectivity index (χ4n) is 3.85. The zero-order valence-electron chi connectivity index (χ0n) is 17.2. The first-order chi connectivity index (χ1) is 14.8. The van der Waals surface area contributed by atoms with E-state index < -0.39 is 23.6 Å². The number of rotatable bonds is 4. The highest BCUT2D eigenvalue weighted by molar-refractivity contribution is 6.02. The van der Waals surface area contributed by atoms with E-state index in [0.29, 0.717) is 24.1 Å². The van der Waals surface area contributed by atoms with E-state index in [-0.39, 0.29) is 18.1 Å². The lowest BCUT2D eigenvalue weighted by molar-refractivity contribution is -0.120. The number of benzene rings is 2. The lowest BCUT2D eigenvalue weighted by Crippen LogP contribution is -2.46. The minimum absolute atomic E-state index is 0.119. The van der Waals surface area contributed by atoms with Gasteiger partial charge >= 0.3 is 0 Å². The Bertz CT molecular complexity index is 1140. The van der Waals surface area contributed by atoms with Gasteiger partial charge in [0.2, 0.25) is 5.91 Å². The van der Waals surface area contributed by atoms with Crippen molar-refractivity contribution in [2.24, 2.45) is 0 Å². The highest BCUT2D eigenvalue weighted by Gasteiger charge is 2.30. The third-order valence-corrected chi connectivity index (χ3v) is 5.46. The van der Waals surface area contributed by atoms with Gasteiger partial charge in [0.25, 0.3) is 5.91 Å². The number of nitrogens with one attached hydrogen (secondary N) is 1. The molecule has 1 aliphatic heterocycles. The largest absolute Gasteiger partial charge is 0.339 e. The number of anilines is 1.